The first-order chi connectivity index (χ1) is 12.1. The average molecular weight is 332 g/mol. The van der Waals surface area contributed by atoms with E-state index in [1.165, 1.54) is 16.5 Å². The van der Waals surface area contributed by atoms with Gasteiger partial charge in [0.1, 0.15) is 5.82 Å². The minimum atomic E-state index is 0.00623. The summed E-state index contributed by atoms with van der Waals surface area (Å²) in [5.41, 5.74) is 5.00. The summed E-state index contributed by atoms with van der Waals surface area (Å²) in [6.45, 7) is 5.01. The first kappa shape index (κ1) is 15.6. The molecule has 1 aliphatic heterocycles. The first-order valence-electron chi connectivity index (χ1n) is 8.48. The molecule has 0 unspecified atom stereocenters. The number of fused-ring (bicyclic) bond motifs is 1. The topological polar surface area (TPSA) is 61.9 Å². The van der Waals surface area contributed by atoms with Crippen LogP contribution in [0, 0.1) is 13.8 Å². The van der Waals surface area contributed by atoms with Crippen LogP contribution in [0.4, 0.5) is 0 Å². The van der Waals surface area contributed by atoms with Gasteiger partial charge in [0.25, 0.3) is 5.91 Å². The Morgan fingerprint density at radius 2 is 2.08 bits per heavy atom. The van der Waals surface area contributed by atoms with Crippen molar-refractivity contribution in [1.29, 1.82) is 0 Å². The van der Waals surface area contributed by atoms with Crippen LogP contribution in [-0.2, 0) is 0 Å². The Hall–Kier alpha value is -2.95. The number of benzene rings is 1. The second-order valence-electron chi connectivity index (χ2n) is 6.39. The van der Waals surface area contributed by atoms with Gasteiger partial charge in [-0.05, 0) is 31.9 Å². The van der Waals surface area contributed by atoms with Crippen molar-refractivity contribution in [3.05, 3.63) is 65.4 Å². The maximum absolute atomic E-state index is 12.7. The molecule has 0 atom stereocenters. The van der Waals surface area contributed by atoms with Gasteiger partial charge >= 0.3 is 0 Å². The molecular weight excluding hydrogens is 312 g/mol. The number of aromatic amines is 1. The second-order valence-corrected chi connectivity index (χ2v) is 6.39. The van der Waals surface area contributed by atoms with Gasteiger partial charge in [-0.1, -0.05) is 24.3 Å². The van der Waals surface area contributed by atoms with Gasteiger partial charge < -0.3 is 9.88 Å². The lowest BCUT2D eigenvalue weighted by Crippen LogP contribution is -2.35. The van der Waals surface area contributed by atoms with Crippen molar-refractivity contribution in [2.45, 2.75) is 20.3 Å². The van der Waals surface area contributed by atoms with Crippen LogP contribution in [0.1, 0.15) is 33.9 Å². The fourth-order valence-electron chi connectivity index (χ4n) is 3.40. The molecular formula is C20H20N4O. The normalized spacial score (nSPS) is 14.6. The lowest BCUT2D eigenvalue weighted by atomic mass is 9.98. The number of rotatable bonds is 2. The fraction of sp³-hybridized carbons (Fsp3) is 0.250. The Labute approximate surface area is 146 Å². The molecule has 2 aromatic heterocycles. The standard InChI is InChI=1S/C20H20N4O/c1-13-17(11-21-14(2)23-13)20(25)24-9-7-15(8-10-24)18-12-22-19-6-4-3-5-16(18)19/h3-7,11-12,22H,8-10H2,1-2H3. The molecule has 4 rings (SSSR count). The van der Waals surface area contributed by atoms with Crippen molar-refractivity contribution in [2.75, 3.05) is 13.1 Å². The summed E-state index contributed by atoms with van der Waals surface area (Å²) in [6.07, 6.45) is 6.70. The summed E-state index contributed by atoms with van der Waals surface area (Å²) in [5, 5.41) is 1.23. The number of nitrogens with zero attached hydrogens (tertiary/aromatic N) is 3. The van der Waals surface area contributed by atoms with Crippen LogP contribution in [0.2, 0.25) is 0 Å². The quantitative estimate of drug-likeness (QED) is 0.781. The molecule has 0 bridgehead atoms. The summed E-state index contributed by atoms with van der Waals surface area (Å²) < 4.78 is 0. The third kappa shape index (κ3) is 2.82. The van der Waals surface area contributed by atoms with Gasteiger partial charge in [0.05, 0.1) is 11.3 Å². The zero-order chi connectivity index (χ0) is 17.4. The Morgan fingerprint density at radius 1 is 1.24 bits per heavy atom. The van der Waals surface area contributed by atoms with Crippen molar-refractivity contribution in [2.24, 2.45) is 0 Å². The van der Waals surface area contributed by atoms with E-state index < -0.39 is 0 Å². The number of para-hydroxylation sites is 1. The number of aryl methyl sites for hydroxylation is 2. The van der Waals surface area contributed by atoms with Crippen molar-refractivity contribution >= 4 is 22.4 Å². The Kier molecular flexibility index (Phi) is 3.84. The van der Waals surface area contributed by atoms with Gasteiger partial charge in [0.15, 0.2) is 0 Å². The van der Waals surface area contributed by atoms with Gasteiger partial charge in [-0.2, -0.15) is 0 Å². The Morgan fingerprint density at radius 3 is 2.84 bits per heavy atom. The predicted molar refractivity (Wildman–Crippen MR) is 98.3 cm³/mol. The molecule has 1 aromatic carbocycles. The summed E-state index contributed by atoms with van der Waals surface area (Å²) in [6, 6.07) is 8.30. The van der Waals surface area contributed by atoms with Gasteiger partial charge in [-0.25, -0.2) is 9.97 Å². The molecule has 0 aliphatic carbocycles. The van der Waals surface area contributed by atoms with Crippen LogP contribution < -0.4 is 0 Å². The molecule has 0 radical (unpaired) electrons. The first-order valence-corrected chi connectivity index (χ1v) is 8.48. The van der Waals surface area contributed by atoms with Crippen LogP contribution in [0.5, 0.6) is 0 Å². The SMILES string of the molecule is Cc1ncc(C(=O)N2CC=C(c3c[nH]c4ccccc34)CC2)c(C)n1. The highest BCUT2D eigenvalue weighted by atomic mass is 16.2. The summed E-state index contributed by atoms with van der Waals surface area (Å²) in [7, 11) is 0. The molecule has 0 spiro atoms. The summed E-state index contributed by atoms with van der Waals surface area (Å²) in [4.78, 5) is 26.4. The molecule has 1 amide bonds. The number of carbonyl (C=O) groups is 1. The van der Waals surface area contributed by atoms with E-state index in [1.807, 2.05) is 24.8 Å². The van der Waals surface area contributed by atoms with E-state index in [1.54, 1.807) is 6.20 Å². The van der Waals surface area contributed by atoms with Gasteiger partial charge in [0, 0.05) is 41.9 Å². The fourth-order valence-corrected chi connectivity index (χ4v) is 3.40. The Bertz CT molecular complexity index is 986. The zero-order valence-corrected chi connectivity index (χ0v) is 14.4. The molecule has 25 heavy (non-hydrogen) atoms. The highest BCUT2D eigenvalue weighted by molar-refractivity contribution is 5.96. The minimum absolute atomic E-state index is 0.00623. The number of aromatic nitrogens is 3. The Balaban J connectivity index is 1.56. The number of nitrogens with one attached hydrogen (secondary N) is 1. The van der Waals surface area contributed by atoms with E-state index in [9.17, 15) is 4.79 Å². The molecule has 0 fully saturated rings. The predicted octanol–water partition coefficient (Wildman–Crippen LogP) is 3.50. The number of hydrogen-bond donors (Lipinski definition) is 1. The largest absolute Gasteiger partial charge is 0.361 e. The van der Waals surface area contributed by atoms with E-state index in [0.29, 0.717) is 24.5 Å². The molecule has 0 saturated heterocycles. The molecule has 5 heteroatoms. The van der Waals surface area contributed by atoms with Crippen molar-refractivity contribution in [3.63, 3.8) is 0 Å². The number of H-pyrrole nitrogens is 1. The summed E-state index contributed by atoms with van der Waals surface area (Å²) in [5.74, 6) is 0.695. The number of amides is 1. The van der Waals surface area contributed by atoms with Crippen LogP contribution >= 0.6 is 0 Å². The lowest BCUT2D eigenvalue weighted by molar-refractivity contribution is 0.0771. The maximum atomic E-state index is 12.7. The monoisotopic (exact) mass is 332 g/mol. The van der Waals surface area contributed by atoms with Crippen LogP contribution in [0.25, 0.3) is 16.5 Å². The van der Waals surface area contributed by atoms with E-state index in [4.69, 9.17) is 0 Å². The molecule has 1 N–H and O–H groups in total. The van der Waals surface area contributed by atoms with Gasteiger partial charge in [-0.3, -0.25) is 4.79 Å². The van der Waals surface area contributed by atoms with Crippen LogP contribution in [0.3, 0.4) is 0 Å². The molecule has 3 aromatic rings. The molecule has 0 saturated carbocycles. The van der Waals surface area contributed by atoms with E-state index >= 15 is 0 Å². The molecule has 3 heterocycles. The minimum Gasteiger partial charge on any atom is -0.361 e. The number of carbonyl (C=O) groups excluding carboxylic acids is 1. The maximum Gasteiger partial charge on any atom is 0.257 e. The molecule has 1 aliphatic rings. The zero-order valence-electron chi connectivity index (χ0n) is 14.4. The third-order valence-electron chi connectivity index (χ3n) is 4.76. The number of hydrogen-bond acceptors (Lipinski definition) is 3. The third-order valence-corrected chi connectivity index (χ3v) is 4.76. The van der Waals surface area contributed by atoms with Crippen molar-refractivity contribution in [1.82, 2.24) is 19.9 Å². The summed E-state index contributed by atoms with van der Waals surface area (Å²) >= 11 is 0. The highest BCUT2D eigenvalue weighted by Crippen LogP contribution is 2.29. The van der Waals surface area contributed by atoms with E-state index in [2.05, 4.69) is 45.4 Å². The van der Waals surface area contributed by atoms with Crippen molar-refractivity contribution < 1.29 is 4.79 Å². The molecule has 126 valence electrons. The van der Waals surface area contributed by atoms with Gasteiger partial charge in [0.2, 0.25) is 0 Å². The average Bonchev–Trinajstić information content (AvgIpc) is 3.05. The van der Waals surface area contributed by atoms with E-state index in [0.717, 1.165) is 17.6 Å². The second kappa shape index (κ2) is 6.16. The van der Waals surface area contributed by atoms with Gasteiger partial charge in [-0.15, -0.1) is 0 Å². The van der Waals surface area contributed by atoms with Crippen LogP contribution in [0.15, 0.2) is 42.7 Å². The molecule has 5 nitrogen and oxygen atoms in total. The lowest BCUT2D eigenvalue weighted by Gasteiger charge is -2.27. The highest BCUT2D eigenvalue weighted by Gasteiger charge is 2.22. The van der Waals surface area contributed by atoms with Crippen molar-refractivity contribution in [3.8, 4) is 0 Å². The smallest absolute Gasteiger partial charge is 0.257 e. The van der Waals surface area contributed by atoms with E-state index in [-0.39, 0.29) is 5.91 Å². The van der Waals surface area contributed by atoms with Crippen LogP contribution in [-0.4, -0.2) is 38.8 Å².